The summed E-state index contributed by atoms with van der Waals surface area (Å²) >= 11 is 0. The molecule has 0 spiro atoms. The minimum Gasteiger partial charge on any atom is -0.376 e. The Kier molecular flexibility index (Phi) is 8.21. The molecule has 0 bridgehead atoms. The molecule has 0 atom stereocenters. The van der Waals surface area contributed by atoms with E-state index >= 15 is 0 Å². The van der Waals surface area contributed by atoms with Gasteiger partial charge in [-0.05, 0) is 54.4 Å². The number of benzene rings is 2. The summed E-state index contributed by atoms with van der Waals surface area (Å²) in [5.41, 5.74) is 2.84. The fraction of sp³-hybridized carbons (Fsp3) is 0.318. The average Bonchev–Trinajstić information content (AvgIpc) is 2.68. The maximum absolute atomic E-state index is 12.1. The molecule has 0 saturated carbocycles. The molecule has 0 aliphatic rings. The van der Waals surface area contributed by atoms with Gasteiger partial charge >= 0.3 is 0 Å². The van der Waals surface area contributed by atoms with Crippen LogP contribution < -0.4 is 21.3 Å². The first kappa shape index (κ1) is 21.9. The number of hydrogen-bond acceptors (Lipinski definition) is 4. The summed E-state index contributed by atoms with van der Waals surface area (Å²) in [6, 6.07) is 14.2. The van der Waals surface area contributed by atoms with E-state index in [2.05, 4.69) is 21.3 Å². The molecular weight excluding hydrogens is 368 g/mol. The number of rotatable bonds is 9. The summed E-state index contributed by atoms with van der Waals surface area (Å²) < 4.78 is 0. The molecule has 0 unspecified atom stereocenters. The first-order chi connectivity index (χ1) is 13.9. The molecule has 4 N–H and O–H groups in total. The molecule has 3 amide bonds. The summed E-state index contributed by atoms with van der Waals surface area (Å²) in [5.74, 6) is 0.0363. The lowest BCUT2D eigenvalue weighted by Crippen LogP contribution is -2.21. The average molecular weight is 396 g/mol. The van der Waals surface area contributed by atoms with E-state index < -0.39 is 0 Å². The summed E-state index contributed by atoms with van der Waals surface area (Å²) in [6.45, 7) is 5.88. The third-order valence-electron chi connectivity index (χ3n) is 3.99. The van der Waals surface area contributed by atoms with Crippen LogP contribution in [0.5, 0.6) is 0 Å². The fourth-order valence-electron chi connectivity index (χ4n) is 2.53. The number of hydrogen-bond donors (Lipinski definition) is 4. The standard InChI is InChI=1S/C22H28N4O3/c1-4-20(27)24-17-7-5-16(6-8-17)23-14-22(29)26-19-11-9-18(10-12-19)25-21(28)13-15(2)3/h5-12,15,23H,4,13-14H2,1-3H3,(H,24,27)(H,25,28)(H,26,29). The molecule has 0 radical (unpaired) electrons. The Labute approximate surface area is 171 Å². The van der Waals surface area contributed by atoms with Crippen molar-refractivity contribution >= 4 is 40.5 Å². The number of anilines is 4. The number of carbonyl (C=O) groups is 3. The topological polar surface area (TPSA) is 99.3 Å². The van der Waals surface area contributed by atoms with Gasteiger partial charge in [-0.25, -0.2) is 0 Å². The van der Waals surface area contributed by atoms with Gasteiger partial charge in [0.25, 0.3) is 0 Å². The summed E-state index contributed by atoms with van der Waals surface area (Å²) in [7, 11) is 0. The Balaban J connectivity index is 1.79. The molecule has 2 aromatic carbocycles. The SMILES string of the molecule is CCC(=O)Nc1ccc(NCC(=O)Nc2ccc(NC(=O)CC(C)C)cc2)cc1. The lowest BCUT2D eigenvalue weighted by molar-refractivity contribution is -0.117. The number of amides is 3. The van der Waals surface area contributed by atoms with Crippen molar-refractivity contribution in [3.05, 3.63) is 48.5 Å². The zero-order valence-electron chi connectivity index (χ0n) is 17.0. The highest BCUT2D eigenvalue weighted by Crippen LogP contribution is 2.16. The lowest BCUT2D eigenvalue weighted by atomic mass is 10.1. The van der Waals surface area contributed by atoms with Crippen molar-refractivity contribution in [2.75, 3.05) is 27.8 Å². The third kappa shape index (κ3) is 8.04. The molecule has 154 valence electrons. The van der Waals surface area contributed by atoms with Crippen LogP contribution in [0.1, 0.15) is 33.6 Å². The number of carbonyl (C=O) groups excluding carboxylic acids is 3. The van der Waals surface area contributed by atoms with E-state index in [1.165, 1.54) is 0 Å². The van der Waals surface area contributed by atoms with E-state index in [1.807, 2.05) is 13.8 Å². The van der Waals surface area contributed by atoms with E-state index in [0.29, 0.717) is 35.8 Å². The molecule has 0 aromatic heterocycles. The van der Waals surface area contributed by atoms with Crippen molar-refractivity contribution in [3.63, 3.8) is 0 Å². The van der Waals surface area contributed by atoms with Crippen molar-refractivity contribution in [1.29, 1.82) is 0 Å². The van der Waals surface area contributed by atoms with Crippen LogP contribution in [0, 0.1) is 5.92 Å². The smallest absolute Gasteiger partial charge is 0.243 e. The van der Waals surface area contributed by atoms with E-state index in [1.54, 1.807) is 55.5 Å². The second kappa shape index (κ2) is 10.8. The largest absolute Gasteiger partial charge is 0.376 e. The Morgan fingerprint density at radius 1 is 0.690 bits per heavy atom. The van der Waals surface area contributed by atoms with Gasteiger partial charge < -0.3 is 21.3 Å². The lowest BCUT2D eigenvalue weighted by Gasteiger charge is -2.10. The van der Waals surface area contributed by atoms with Gasteiger partial charge in [0.05, 0.1) is 6.54 Å². The number of nitrogens with one attached hydrogen (secondary N) is 4. The van der Waals surface area contributed by atoms with Gasteiger partial charge in [0.2, 0.25) is 17.7 Å². The molecule has 2 rings (SSSR count). The maximum Gasteiger partial charge on any atom is 0.243 e. The van der Waals surface area contributed by atoms with Gasteiger partial charge in [-0.15, -0.1) is 0 Å². The minimum atomic E-state index is -0.190. The van der Waals surface area contributed by atoms with E-state index in [9.17, 15) is 14.4 Å². The molecule has 0 fully saturated rings. The van der Waals surface area contributed by atoms with Crippen LogP contribution in [0.15, 0.2) is 48.5 Å². The molecule has 7 heteroatoms. The van der Waals surface area contributed by atoms with Crippen molar-refractivity contribution in [2.45, 2.75) is 33.6 Å². The quantitative estimate of drug-likeness (QED) is 0.513. The van der Waals surface area contributed by atoms with Crippen LogP contribution in [-0.2, 0) is 14.4 Å². The van der Waals surface area contributed by atoms with Crippen LogP contribution in [0.2, 0.25) is 0 Å². The summed E-state index contributed by atoms with van der Waals surface area (Å²) in [6.07, 6.45) is 0.890. The second-order valence-corrected chi connectivity index (χ2v) is 7.10. The van der Waals surface area contributed by atoms with Crippen LogP contribution in [0.4, 0.5) is 22.7 Å². The Bertz CT molecular complexity index is 830. The predicted octanol–water partition coefficient (Wildman–Crippen LogP) is 4.07. The third-order valence-corrected chi connectivity index (χ3v) is 3.99. The first-order valence-corrected chi connectivity index (χ1v) is 9.69. The van der Waals surface area contributed by atoms with Crippen molar-refractivity contribution < 1.29 is 14.4 Å². The first-order valence-electron chi connectivity index (χ1n) is 9.69. The highest BCUT2D eigenvalue weighted by Gasteiger charge is 2.06. The van der Waals surface area contributed by atoms with E-state index in [4.69, 9.17) is 0 Å². The molecule has 0 heterocycles. The van der Waals surface area contributed by atoms with Gasteiger partial charge in [0, 0.05) is 35.6 Å². The zero-order chi connectivity index (χ0) is 21.2. The van der Waals surface area contributed by atoms with E-state index in [0.717, 1.165) is 5.69 Å². The molecule has 2 aromatic rings. The Hall–Kier alpha value is -3.35. The summed E-state index contributed by atoms with van der Waals surface area (Å²) in [4.78, 5) is 35.3. The van der Waals surface area contributed by atoms with Crippen LogP contribution in [-0.4, -0.2) is 24.3 Å². The highest BCUT2D eigenvalue weighted by molar-refractivity contribution is 5.95. The Morgan fingerprint density at radius 3 is 1.55 bits per heavy atom. The van der Waals surface area contributed by atoms with Crippen LogP contribution >= 0.6 is 0 Å². The van der Waals surface area contributed by atoms with Gasteiger partial charge in [-0.2, -0.15) is 0 Å². The zero-order valence-corrected chi connectivity index (χ0v) is 17.0. The molecule has 0 aliphatic carbocycles. The molecular formula is C22H28N4O3. The summed E-state index contributed by atoms with van der Waals surface area (Å²) in [5, 5.41) is 11.4. The maximum atomic E-state index is 12.1. The molecule has 0 aliphatic heterocycles. The van der Waals surface area contributed by atoms with E-state index in [-0.39, 0.29) is 24.3 Å². The fourth-order valence-corrected chi connectivity index (χ4v) is 2.53. The van der Waals surface area contributed by atoms with Crippen LogP contribution in [0.25, 0.3) is 0 Å². The van der Waals surface area contributed by atoms with Crippen molar-refractivity contribution in [2.24, 2.45) is 5.92 Å². The predicted molar refractivity (Wildman–Crippen MR) is 117 cm³/mol. The highest BCUT2D eigenvalue weighted by atomic mass is 16.2. The van der Waals surface area contributed by atoms with Crippen molar-refractivity contribution in [1.82, 2.24) is 0 Å². The normalized spacial score (nSPS) is 10.3. The molecule has 7 nitrogen and oxygen atoms in total. The molecule has 0 saturated heterocycles. The van der Waals surface area contributed by atoms with Gasteiger partial charge in [-0.1, -0.05) is 20.8 Å². The second-order valence-electron chi connectivity index (χ2n) is 7.10. The van der Waals surface area contributed by atoms with Gasteiger partial charge in [0.15, 0.2) is 0 Å². The molecule has 29 heavy (non-hydrogen) atoms. The minimum absolute atomic E-state index is 0.0266. The van der Waals surface area contributed by atoms with Crippen molar-refractivity contribution in [3.8, 4) is 0 Å². The monoisotopic (exact) mass is 396 g/mol. The van der Waals surface area contributed by atoms with Crippen LogP contribution in [0.3, 0.4) is 0 Å². The Morgan fingerprint density at radius 2 is 1.10 bits per heavy atom. The van der Waals surface area contributed by atoms with Gasteiger partial charge in [-0.3, -0.25) is 14.4 Å². The van der Waals surface area contributed by atoms with Gasteiger partial charge in [0.1, 0.15) is 0 Å².